The molecule has 18 heavy (non-hydrogen) atoms. The van der Waals surface area contributed by atoms with Crippen LogP contribution < -0.4 is 11.3 Å². The number of likely N-dealkylation sites (N-methyl/N-ethyl adjacent to an activating group) is 1. The number of halogens is 1. The van der Waals surface area contributed by atoms with E-state index in [2.05, 4.69) is 10.4 Å². The summed E-state index contributed by atoms with van der Waals surface area (Å²) in [5, 5.41) is 0.294. The largest absolute Gasteiger partial charge is 0.380 e. The lowest BCUT2D eigenvalue weighted by molar-refractivity contribution is 0.0705. The Balaban J connectivity index is 2.76. The Bertz CT molecular complexity index is 414. The van der Waals surface area contributed by atoms with Gasteiger partial charge in [-0.25, -0.2) is 10.8 Å². The van der Waals surface area contributed by atoms with Gasteiger partial charge in [0.15, 0.2) is 0 Å². The van der Waals surface area contributed by atoms with E-state index in [9.17, 15) is 4.79 Å². The molecule has 0 radical (unpaired) electrons. The molecule has 0 spiro atoms. The number of nitrogens with two attached hydrogens (primary N) is 1. The first-order valence-corrected chi connectivity index (χ1v) is 5.94. The lowest BCUT2D eigenvalue weighted by atomic mass is 10.3. The summed E-state index contributed by atoms with van der Waals surface area (Å²) in [5.74, 6) is 5.37. The van der Waals surface area contributed by atoms with Crippen LogP contribution in [0.5, 0.6) is 0 Å². The first-order chi connectivity index (χ1) is 8.60. The maximum absolute atomic E-state index is 12.1. The van der Waals surface area contributed by atoms with Gasteiger partial charge >= 0.3 is 0 Å². The van der Waals surface area contributed by atoms with Crippen molar-refractivity contribution in [2.24, 2.45) is 5.84 Å². The first-order valence-electron chi connectivity index (χ1n) is 5.56. The van der Waals surface area contributed by atoms with E-state index in [-0.39, 0.29) is 11.6 Å². The SMILES string of the molecule is CCOCCN(C)C(=O)c1nc(NN)ccc1Cl. The summed E-state index contributed by atoms with van der Waals surface area (Å²) >= 11 is 5.94. The quantitative estimate of drug-likeness (QED) is 0.461. The molecule has 3 N–H and O–H groups in total. The van der Waals surface area contributed by atoms with E-state index in [0.29, 0.717) is 30.6 Å². The zero-order chi connectivity index (χ0) is 13.5. The summed E-state index contributed by atoms with van der Waals surface area (Å²) in [6.07, 6.45) is 0. The van der Waals surface area contributed by atoms with Crippen LogP contribution in [0.15, 0.2) is 12.1 Å². The molecule has 0 fully saturated rings. The lowest BCUT2D eigenvalue weighted by Gasteiger charge is -2.17. The Morgan fingerprint density at radius 1 is 1.61 bits per heavy atom. The van der Waals surface area contributed by atoms with Crippen molar-refractivity contribution in [3.8, 4) is 0 Å². The van der Waals surface area contributed by atoms with Gasteiger partial charge in [0.2, 0.25) is 0 Å². The Hall–Kier alpha value is -1.37. The van der Waals surface area contributed by atoms with Crippen LogP contribution in [0, 0.1) is 0 Å². The van der Waals surface area contributed by atoms with Gasteiger partial charge in [-0.2, -0.15) is 0 Å². The van der Waals surface area contributed by atoms with Crippen LogP contribution in [0.3, 0.4) is 0 Å². The number of amides is 1. The topological polar surface area (TPSA) is 80.5 Å². The van der Waals surface area contributed by atoms with Crippen molar-refractivity contribution in [2.75, 3.05) is 32.2 Å². The van der Waals surface area contributed by atoms with E-state index in [1.54, 1.807) is 19.2 Å². The predicted octanol–water partition coefficient (Wildman–Crippen LogP) is 1.13. The molecule has 0 bridgehead atoms. The summed E-state index contributed by atoms with van der Waals surface area (Å²) < 4.78 is 5.19. The molecule has 1 aromatic heterocycles. The van der Waals surface area contributed by atoms with Crippen molar-refractivity contribution in [3.05, 3.63) is 22.8 Å². The Morgan fingerprint density at radius 3 is 2.94 bits per heavy atom. The summed E-state index contributed by atoms with van der Waals surface area (Å²) in [6.45, 7) is 3.47. The summed E-state index contributed by atoms with van der Waals surface area (Å²) in [4.78, 5) is 17.6. The number of pyridine rings is 1. The van der Waals surface area contributed by atoms with Crippen LogP contribution in [0.4, 0.5) is 5.82 Å². The van der Waals surface area contributed by atoms with Crippen LogP contribution in [-0.4, -0.2) is 42.6 Å². The third-order valence-corrected chi connectivity index (χ3v) is 2.62. The van der Waals surface area contributed by atoms with Crippen LogP contribution in [0.1, 0.15) is 17.4 Å². The number of carbonyl (C=O) groups excluding carboxylic acids is 1. The molecule has 0 atom stereocenters. The normalized spacial score (nSPS) is 10.2. The van der Waals surface area contributed by atoms with E-state index in [1.807, 2.05) is 6.92 Å². The fourth-order valence-corrected chi connectivity index (χ4v) is 1.49. The Kier molecular flexibility index (Phi) is 5.84. The number of carbonyl (C=O) groups is 1. The zero-order valence-electron chi connectivity index (χ0n) is 10.4. The van der Waals surface area contributed by atoms with Gasteiger partial charge in [0.25, 0.3) is 5.91 Å². The predicted molar refractivity (Wildman–Crippen MR) is 70.5 cm³/mol. The fraction of sp³-hybridized carbons (Fsp3) is 0.455. The number of hydrogen-bond acceptors (Lipinski definition) is 5. The molecular formula is C11H17ClN4O2. The van der Waals surface area contributed by atoms with Gasteiger partial charge in [-0.05, 0) is 19.1 Å². The number of aromatic nitrogens is 1. The van der Waals surface area contributed by atoms with E-state index in [4.69, 9.17) is 22.2 Å². The molecule has 0 aliphatic carbocycles. The lowest BCUT2D eigenvalue weighted by Crippen LogP contribution is -2.31. The van der Waals surface area contributed by atoms with E-state index in [0.717, 1.165) is 0 Å². The van der Waals surface area contributed by atoms with Crippen LogP contribution in [0.2, 0.25) is 5.02 Å². The molecule has 6 nitrogen and oxygen atoms in total. The Morgan fingerprint density at radius 2 is 2.33 bits per heavy atom. The van der Waals surface area contributed by atoms with Crippen LogP contribution in [0.25, 0.3) is 0 Å². The van der Waals surface area contributed by atoms with Gasteiger partial charge in [-0.3, -0.25) is 4.79 Å². The third kappa shape index (κ3) is 3.83. The fourth-order valence-electron chi connectivity index (χ4n) is 1.30. The standard InChI is InChI=1S/C11H17ClN4O2/c1-3-18-7-6-16(2)11(17)10-8(12)4-5-9(14-10)15-13/h4-5H,3,6-7,13H2,1-2H3,(H,14,15). The summed E-state index contributed by atoms with van der Waals surface area (Å²) in [7, 11) is 1.67. The minimum Gasteiger partial charge on any atom is -0.380 e. The van der Waals surface area contributed by atoms with Crippen molar-refractivity contribution < 1.29 is 9.53 Å². The highest BCUT2D eigenvalue weighted by molar-refractivity contribution is 6.33. The van der Waals surface area contributed by atoms with Crippen molar-refractivity contribution in [1.29, 1.82) is 0 Å². The molecule has 1 rings (SSSR count). The number of hydrogen-bond donors (Lipinski definition) is 2. The molecular weight excluding hydrogens is 256 g/mol. The first kappa shape index (κ1) is 14.7. The molecule has 0 aliphatic heterocycles. The van der Waals surface area contributed by atoms with Crippen molar-refractivity contribution in [3.63, 3.8) is 0 Å². The van der Waals surface area contributed by atoms with Crippen LogP contribution in [-0.2, 0) is 4.74 Å². The second-order valence-corrected chi connectivity index (χ2v) is 4.00. The highest BCUT2D eigenvalue weighted by Crippen LogP contribution is 2.17. The number of ether oxygens (including phenoxy) is 1. The van der Waals surface area contributed by atoms with Gasteiger partial charge in [-0.15, -0.1) is 0 Å². The zero-order valence-corrected chi connectivity index (χ0v) is 11.2. The molecule has 0 saturated carbocycles. The summed E-state index contributed by atoms with van der Waals surface area (Å²) in [5.41, 5.74) is 2.55. The number of nitrogens with one attached hydrogen (secondary N) is 1. The van der Waals surface area contributed by atoms with Gasteiger partial charge in [0.05, 0.1) is 11.6 Å². The summed E-state index contributed by atoms with van der Waals surface area (Å²) in [6, 6.07) is 3.17. The number of nitrogens with zero attached hydrogens (tertiary/aromatic N) is 2. The highest BCUT2D eigenvalue weighted by atomic mass is 35.5. The highest BCUT2D eigenvalue weighted by Gasteiger charge is 2.17. The van der Waals surface area contributed by atoms with E-state index >= 15 is 0 Å². The van der Waals surface area contributed by atoms with Gasteiger partial charge in [0, 0.05) is 20.2 Å². The molecule has 0 aromatic carbocycles. The van der Waals surface area contributed by atoms with Crippen molar-refractivity contribution in [1.82, 2.24) is 9.88 Å². The van der Waals surface area contributed by atoms with Gasteiger partial charge < -0.3 is 15.1 Å². The smallest absolute Gasteiger partial charge is 0.273 e. The number of hydrazine groups is 1. The number of anilines is 1. The van der Waals surface area contributed by atoms with Crippen LogP contribution >= 0.6 is 11.6 Å². The molecule has 1 heterocycles. The van der Waals surface area contributed by atoms with Gasteiger partial charge in [0.1, 0.15) is 11.5 Å². The second kappa shape index (κ2) is 7.15. The molecule has 0 saturated heterocycles. The van der Waals surface area contributed by atoms with E-state index in [1.165, 1.54) is 4.90 Å². The molecule has 0 unspecified atom stereocenters. The number of nitrogen functional groups attached to an aromatic ring is 1. The monoisotopic (exact) mass is 272 g/mol. The average Bonchev–Trinajstić information content (AvgIpc) is 2.38. The minimum absolute atomic E-state index is 0.172. The molecule has 7 heteroatoms. The Labute approximate surface area is 111 Å². The second-order valence-electron chi connectivity index (χ2n) is 3.59. The maximum atomic E-state index is 12.1. The molecule has 1 amide bonds. The van der Waals surface area contributed by atoms with Crippen molar-refractivity contribution in [2.45, 2.75) is 6.92 Å². The number of rotatable bonds is 6. The maximum Gasteiger partial charge on any atom is 0.273 e. The third-order valence-electron chi connectivity index (χ3n) is 2.32. The van der Waals surface area contributed by atoms with E-state index < -0.39 is 0 Å². The molecule has 0 aliphatic rings. The molecule has 1 aromatic rings. The van der Waals surface area contributed by atoms with Crippen molar-refractivity contribution >= 4 is 23.3 Å². The van der Waals surface area contributed by atoms with Gasteiger partial charge in [-0.1, -0.05) is 11.6 Å². The molecule has 100 valence electrons. The minimum atomic E-state index is -0.267. The average molecular weight is 273 g/mol.